The highest BCUT2D eigenvalue weighted by Gasteiger charge is 2.09. The lowest BCUT2D eigenvalue weighted by Crippen LogP contribution is -1.84. The molecule has 0 aliphatic carbocycles. The van der Waals surface area contributed by atoms with E-state index in [1.54, 1.807) is 25.8 Å². The van der Waals surface area contributed by atoms with Gasteiger partial charge in [-0.1, -0.05) is 12.1 Å². The van der Waals surface area contributed by atoms with Crippen LogP contribution in [0.5, 0.6) is 5.75 Å². The molecule has 22 heavy (non-hydrogen) atoms. The van der Waals surface area contributed by atoms with E-state index in [2.05, 4.69) is 15.0 Å². The van der Waals surface area contributed by atoms with E-state index in [0.29, 0.717) is 0 Å². The van der Waals surface area contributed by atoms with E-state index in [0.717, 1.165) is 39.4 Å². The van der Waals surface area contributed by atoms with Crippen molar-refractivity contribution in [2.75, 3.05) is 7.11 Å². The molecule has 0 fully saturated rings. The minimum Gasteiger partial charge on any atom is -0.497 e. The number of methoxy groups -OCH3 is 1. The van der Waals surface area contributed by atoms with Crippen LogP contribution in [0.15, 0.2) is 59.5 Å². The van der Waals surface area contributed by atoms with E-state index in [4.69, 9.17) is 9.15 Å². The number of fused-ring (bicyclic) bond motifs is 1. The fraction of sp³-hybridized carbons (Fsp3) is 0.0588. The molecule has 0 spiro atoms. The van der Waals surface area contributed by atoms with Crippen LogP contribution in [0.1, 0.15) is 0 Å². The summed E-state index contributed by atoms with van der Waals surface area (Å²) in [6, 6.07) is 11.7. The van der Waals surface area contributed by atoms with Gasteiger partial charge in [0.2, 0.25) is 0 Å². The highest BCUT2D eigenvalue weighted by Crippen LogP contribution is 2.26. The van der Waals surface area contributed by atoms with Crippen molar-refractivity contribution < 1.29 is 9.15 Å². The number of ether oxygens (including phenoxy) is 1. The van der Waals surface area contributed by atoms with Crippen molar-refractivity contribution in [1.29, 1.82) is 0 Å². The van der Waals surface area contributed by atoms with E-state index in [1.807, 2.05) is 36.4 Å². The summed E-state index contributed by atoms with van der Waals surface area (Å²) < 4.78 is 10.4. The van der Waals surface area contributed by atoms with Crippen LogP contribution in [0.4, 0.5) is 0 Å². The Morgan fingerprint density at radius 3 is 2.86 bits per heavy atom. The minimum atomic E-state index is 0.755. The Bertz CT molecular complexity index is 926. The second-order valence-electron chi connectivity index (χ2n) is 4.92. The standard InChI is InChI=1S/C17H13N3O2/c1-21-14-4-2-3-11(7-14)16-19-15-8-13(9-18-17(15)20-16)12-5-6-22-10-12/h2-10H,1H3,(H,18,19,20). The van der Waals surface area contributed by atoms with Gasteiger partial charge in [0.05, 0.1) is 19.6 Å². The predicted octanol–water partition coefficient (Wildman–Crippen LogP) is 3.89. The maximum absolute atomic E-state index is 5.25. The van der Waals surface area contributed by atoms with Crippen LogP contribution in [0.2, 0.25) is 0 Å². The summed E-state index contributed by atoms with van der Waals surface area (Å²) >= 11 is 0. The number of aromatic amines is 1. The first-order chi connectivity index (χ1) is 10.8. The van der Waals surface area contributed by atoms with Crippen LogP contribution in [-0.4, -0.2) is 22.1 Å². The Balaban J connectivity index is 1.80. The van der Waals surface area contributed by atoms with E-state index in [-0.39, 0.29) is 0 Å². The largest absolute Gasteiger partial charge is 0.497 e. The second-order valence-corrected chi connectivity index (χ2v) is 4.92. The Kier molecular flexibility index (Phi) is 2.89. The number of benzene rings is 1. The fourth-order valence-electron chi connectivity index (χ4n) is 2.39. The van der Waals surface area contributed by atoms with Gasteiger partial charge in [-0.25, -0.2) is 9.97 Å². The molecule has 1 N–H and O–H groups in total. The Labute approximate surface area is 126 Å². The SMILES string of the molecule is COc1cccc(-c2nc3cc(-c4ccoc4)cnc3[nH]2)c1. The van der Waals surface area contributed by atoms with E-state index in [9.17, 15) is 0 Å². The molecular weight excluding hydrogens is 278 g/mol. The molecule has 4 aromatic rings. The topological polar surface area (TPSA) is 63.9 Å². The quantitative estimate of drug-likeness (QED) is 0.622. The molecule has 0 atom stereocenters. The maximum Gasteiger partial charge on any atom is 0.157 e. The Morgan fingerprint density at radius 2 is 2.05 bits per heavy atom. The predicted molar refractivity (Wildman–Crippen MR) is 83.6 cm³/mol. The molecule has 0 unspecified atom stereocenters. The van der Waals surface area contributed by atoms with E-state index < -0.39 is 0 Å². The number of nitrogens with one attached hydrogen (secondary N) is 1. The molecule has 0 saturated carbocycles. The summed E-state index contributed by atoms with van der Waals surface area (Å²) in [6.07, 6.45) is 5.14. The van der Waals surface area contributed by atoms with Gasteiger partial charge in [0, 0.05) is 22.9 Å². The van der Waals surface area contributed by atoms with Gasteiger partial charge in [0.15, 0.2) is 5.65 Å². The van der Waals surface area contributed by atoms with Crippen LogP contribution >= 0.6 is 0 Å². The van der Waals surface area contributed by atoms with Crippen molar-refractivity contribution in [2.45, 2.75) is 0 Å². The van der Waals surface area contributed by atoms with Gasteiger partial charge in [0.25, 0.3) is 0 Å². The molecule has 0 aliphatic rings. The Morgan fingerprint density at radius 1 is 1.09 bits per heavy atom. The normalized spacial score (nSPS) is 11.0. The lowest BCUT2D eigenvalue weighted by atomic mass is 10.1. The van der Waals surface area contributed by atoms with Gasteiger partial charge in [-0.05, 0) is 24.3 Å². The maximum atomic E-state index is 5.25. The molecule has 3 heterocycles. The van der Waals surface area contributed by atoms with Gasteiger partial charge in [-0.15, -0.1) is 0 Å². The van der Waals surface area contributed by atoms with Crippen LogP contribution in [-0.2, 0) is 0 Å². The molecule has 108 valence electrons. The lowest BCUT2D eigenvalue weighted by molar-refractivity contribution is 0.415. The number of rotatable bonds is 3. The zero-order valence-corrected chi connectivity index (χ0v) is 11.9. The van der Waals surface area contributed by atoms with E-state index >= 15 is 0 Å². The first kappa shape index (κ1) is 12.6. The average molecular weight is 291 g/mol. The van der Waals surface area contributed by atoms with Crippen molar-refractivity contribution in [3.8, 4) is 28.3 Å². The monoisotopic (exact) mass is 291 g/mol. The van der Waals surface area contributed by atoms with Gasteiger partial charge in [-0.2, -0.15) is 0 Å². The molecule has 4 rings (SSSR count). The van der Waals surface area contributed by atoms with Crippen molar-refractivity contribution in [3.63, 3.8) is 0 Å². The average Bonchev–Trinajstić information content (AvgIpc) is 3.23. The smallest absolute Gasteiger partial charge is 0.157 e. The Hall–Kier alpha value is -3.08. The number of furan rings is 1. The number of nitrogens with zero attached hydrogens (tertiary/aromatic N) is 2. The number of H-pyrrole nitrogens is 1. The third-order valence-corrected chi connectivity index (χ3v) is 3.53. The summed E-state index contributed by atoms with van der Waals surface area (Å²) in [5, 5.41) is 0. The van der Waals surface area contributed by atoms with E-state index in [1.165, 1.54) is 0 Å². The summed E-state index contributed by atoms with van der Waals surface area (Å²) in [7, 11) is 1.65. The van der Waals surface area contributed by atoms with Crippen LogP contribution in [0.3, 0.4) is 0 Å². The zero-order chi connectivity index (χ0) is 14.9. The van der Waals surface area contributed by atoms with Crippen LogP contribution < -0.4 is 4.74 Å². The van der Waals surface area contributed by atoms with Crippen LogP contribution in [0.25, 0.3) is 33.7 Å². The molecule has 0 radical (unpaired) electrons. The molecule has 0 bridgehead atoms. The van der Waals surface area contributed by atoms with Crippen LogP contribution in [0, 0.1) is 0 Å². The summed E-state index contributed by atoms with van der Waals surface area (Å²) in [6.45, 7) is 0. The number of hydrogen-bond acceptors (Lipinski definition) is 4. The zero-order valence-electron chi connectivity index (χ0n) is 11.9. The molecule has 0 aliphatic heterocycles. The number of aromatic nitrogens is 3. The third-order valence-electron chi connectivity index (χ3n) is 3.53. The van der Waals surface area contributed by atoms with Gasteiger partial charge in [-0.3, -0.25) is 0 Å². The number of hydrogen-bond donors (Lipinski definition) is 1. The van der Waals surface area contributed by atoms with Gasteiger partial charge >= 0.3 is 0 Å². The molecule has 5 nitrogen and oxygen atoms in total. The number of imidazole rings is 1. The minimum absolute atomic E-state index is 0.755. The summed E-state index contributed by atoms with van der Waals surface area (Å²) in [5.74, 6) is 1.57. The molecule has 0 saturated heterocycles. The van der Waals surface area contributed by atoms with Gasteiger partial charge < -0.3 is 14.1 Å². The number of pyridine rings is 1. The fourth-order valence-corrected chi connectivity index (χ4v) is 2.39. The molecule has 0 amide bonds. The van der Waals surface area contributed by atoms with Crippen molar-refractivity contribution in [1.82, 2.24) is 15.0 Å². The second kappa shape index (κ2) is 5.04. The van der Waals surface area contributed by atoms with Crippen molar-refractivity contribution in [2.24, 2.45) is 0 Å². The highest BCUT2D eigenvalue weighted by molar-refractivity contribution is 5.80. The van der Waals surface area contributed by atoms with Gasteiger partial charge in [0.1, 0.15) is 17.1 Å². The molecule has 5 heteroatoms. The van der Waals surface area contributed by atoms with Crippen molar-refractivity contribution >= 4 is 11.2 Å². The highest BCUT2D eigenvalue weighted by atomic mass is 16.5. The summed E-state index contributed by atoms with van der Waals surface area (Å²) in [5.41, 5.74) is 4.49. The summed E-state index contributed by atoms with van der Waals surface area (Å²) in [4.78, 5) is 12.3. The molecule has 1 aromatic carbocycles. The first-order valence-electron chi connectivity index (χ1n) is 6.86. The lowest BCUT2D eigenvalue weighted by Gasteiger charge is -2.01. The molecular formula is C17H13N3O2. The van der Waals surface area contributed by atoms with Crippen molar-refractivity contribution in [3.05, 3.63) is 55.1 Å². The third kappa shape index (κ3) is 2.13. The first-order valence-corrected chi connectivity index (χ1v) is 6.86. The molecule has 3 aromatic heterocycles.